The highest BCUT2D eigenvalue weighted by Crippen LogP contribution is 2.19. The molecule has 0 aliphatic carbocycles. The molecule has 0 saturated carbocycles. The van der Waals surface area contributed by atoms with E-state index in [1.165, 1.54) is 4.90 Å². The molecule has 0 bridgehead atoms. The van der Waals surface area contributed by atoms with Crippen LogP contribution in [0.15, 0.2) is 24.3 Å². The lowest BCUT2D eigenvalue weighted by atomic mass is 10.2. The fourth-order valence-electron chi connectivity index (χ4n) is 1.67. The molecule has 16 heavy (non-hydrogen) atoms. The second-order valence-electron chi connectivity index (χ2n) is 3.75. The molecule has 1 aliphatic rings. The van der Waals surface area contributed by atoms with E-state index in [9.17, 15) is 13.6 Å². The predicted octanol–water partition coefficient (Wildman–Crippen LogP) is 2.42. The van der Waals surface area contributed by atoms with Crippen LogP contribution in [0.5, 0.6) is 0 Å². The molecule has 1 fully saturated rings. The van der Waals surface area contributed by atoms with Gasteiger partial charge < -0.3 is 4.90 Å². The zero-order valence-corrected chi connectivity index (χ0v) is 10.5. The van der Waals surface area contributed by atoms with E-state index >= 15 is 0 Å². The van der Waals surface area contributed by atoms with Gasteiger partial charge in [-0.1, -0.05) is 0 Å². The van der Waals surface area contributed by atoms with E-state index in [0.29, 0.717) is 5.56 Å². The summed E-state index contributed by atoms with van der Waals surface area (Å²) in [5.74, 6) is -0.306. The summed E-state index contributed by atoms with van der Waals surface area (Å²) in [6.07, 6.45) is -3.10. The van der Waals surface area contributed by atoms with Gasteiger partial charge >= 0.3 is 0 Å². The number of rotatable bonds is 1. The lowest BCUT2D eigenvalue weighted by Crippen LogP contribution is -2.29. The molecule has 2 unspecified atom stereocenters. The molecule has 0 radical (unpaired) electrons. The van der Waals surface area contributed by atoms with Crippen molar-refractivity contribution in [2.24, 2.45) is 0 Å². The molecule has 2 atom stereocenters. The van der Waals surface area contributed by atoms with Gasteiger partial charge in [0, 0.05) is 9.13 Å². The van der Waals surface area contributed by atoms with Crippen molar-refractivity contribution in [2.75, 3.05) is 13.1 Å². The van der Waals surface area contributed by atoms with E-state index in [2.05, 4.69) is 22.6 Å². The van der Waals surface area contributed by atoms with E-state index in [4.69, 9.17) is 0 Å². The van der Waals surface area contributed by atoms with Crippen LogP contribution in [-0.4, -0.2) is 36.2 Å². The SMILES string of the molecule is O=C(c1ccc(I)cc1)N1CC(F)C(F)C1. The van der Waals surface area contributed by atoms with E-state index in [-0.39, 0.29) is 19.0 Å². The molecular weight excluding hydrogens is 327 g/mol. The van der Waals surface area contributed by atoms with Crippen molar-refractivity contribution in [3.05, 3.63) is 33.4 Å². The van der Waals surface area contributed by atoms with Crippen molar-refractivity contribution in [1.29, 1.82) is 0 Å². The number of carbonyl (C=O) groups is 1. The van der Waals surface area contributed by atoms with Gasteiger partial charge in [0.15, 0.2) is 12.3 Å². The Balaban J connectivity index is 2.11. The Morgan fingerprint density at radius 1 is 1.19 bits per heavy atom. The summed E-state index contributed by atoms with van der Waals surface area (Å²) in [6.45, 7) is -0.294. The van der Waals surface area contributed by atoms with E-state index < -0.39 is 12.3 Å². The molecule has 0 N–H and O–H groups in total. The van der Waals surface area contributed by atoms with Gasteiger partial charge in [0.2, 0.25) is 0 Å². The summed E-state index contributed by atoms with van der Waals surface area (Å²) < 4.78 is 26.9. The Labute approximate surface area is 106 Å². The quantitative estimate of drug-likeness (QED) is 0.721. The first-order valence-electron chi connectivity index (χ1n) is 4.91. The molecular formula is C11H10F2INO. The fourth-order valence-corrected chi connectivity index (χ4v) is 2.02. The third kappa shape index (κ3) is 2.34. The van der Waals surface area contributed by atoms with E-state index in [1.807, 2.05) is 0 Å². The summed E-state index contributed by atoms with van der Waals surface area (Å²) in [7, 11) is 0. The first-order chi connectivity index (χ1) is 7.58. The molecule has 5 heteroatoms. The summed E-state index contributed by atoms with van der Waals surface area (Å²) in [6, 6.07) is 6.93. The largest absolute Gasteiger partial charge is 0.333 e. The van der Waals surface area contributed by atoms with Crippen LogP contribution in [0.25, 0.3) is 0 Å². The molecule has 1 aromatic rings. The average Bonchev–Trinajstić information content (AvgIpc) is 2.59. The highest BCUT2D eigenvalue weighted by Gasteiger charge is 2.35. The first kappa shape index (κ1) is 11.8. The van der Waals surface area contributed by atoms with Crippen LogP contribution in [0.2, 0.25) is 0 Å². The smallest absolute Gasteiger partial charge is 0.254 e. The van der Waals surface area contributed by atoms with E-state index in [1.54, 1.807) is 24.3 Å². The summed E-state index contributed by atoms with van der Waals surface area (Å²) in [4.78, 5) is 13.1. The van der Waals surface area contributed by atoms with Crippen LogP contribution in [0.1, 0.15) is 10.4 Å². The minimum atomic E-state index is -1.55. The van der Waals surface area contributed by atoms with Crippen LogP contribution in [-0.2, 0) is 0 Å². The van der Waals surface area contributed by atoms with Gasteiger partial charge in [-0.2, -0.15) is 0 Å². The molecule has 1 aromatic carbocycles. The molecule has 86 valence electrons. The van der Waals surface area contributed by atoms with Crippen molar-refractivity contribution in [3.63, 3.8) is 0 Å². The molecule has 1 saturated heterocycles. The Bertz CT molecular complexity index is 385. The topological polar surface area (TPSA) is 20.3 Å². The zero-order chi connectivity index (χ0) is 11.7. The van der Waals surface area contributed by atoms with Gasteiger partial charge in [-0.05, 0) is 46.9 Å². The fraction of sp³-hybridized carbons (Fsp3) is 0.364. The molecule has 0 aromatic heterocycles. The van der Waals surface area contributed by atoms with Crippen LogP contribution in [0.3, 0.4) is 0 Å². The number of halogens is 3. The van der Waals surface area contributed by atoms with Gasteiger partial charge in [0.25, 0.3) is 5.91 Å². The average molecular weight is 337 g/mol. The lowest BCUT2D eigenvalue weighted by Gasteiger charge is -2.14. The highest BCUT2D eigenvalue weighted by molar-refractivity contribution is 14.1. The van der Waals surface area contributed by atoms with Crippen molar-refractivity contribution in [1.82, 2.24) is 4.90 Å². The predicted molar refractivity (Wildman–Crippen MR) is 64.9 cm³/mol. The molecule has 1 heterocycles. The Morgan fingerprint density at radius 2 is 1.69 bits per heavy atom. The van der Waals surface area contributed by atoms with Crippen molar-refractivity contribution >= 4 is 28.5 Å². The molecule has 1 aliphatic heterocycles. The number of amides is 1. The van der Waals surface area contributed by atoms with Crippen LogP contribution in [0, 0.1) is 3.57 Å². The van der Waals surface area contributed by atoms with E-state index in [0.717, 1.165) is 3.57 Å². The normalized spacial score (nSPS) is 24.8. The summed E-state index contributed by atoms with van der Waals surface area (Å²) in [5, 5.41) is 0. The molecule has 2 rings (SSSR count). The first-order valence-corrected chi connectivity index (χ1v) is 5.99. The van der Waals surface area contributed by atoms with Gasteiger partial charge in [0.05, 0.1) is 13.1 Å². The lowest BCUT2D eigenvalue weighted by molar-refractivity contribution is 0.0779. The maximum absolute atomic E-state index is 12.9. The monoisotopic (exact) mass is 337 g/mol. The van der Waals surface area contributed by atoms with Gasteiger partial charge in [0.1, 0.15) is 0 Å². The summed E-state index contributed by atoms with van der Waals surface area (Å²) >= 11 is 2.13. The third-order valence-corrected chi connectivity index (χ3v) is 3.28. The minimum absolute atomic E-state index is 0.147. The number of likely N-dealkylation sites (tertiary alicyclic amines) is 1. The van der Waals surface area contributed by atoms with Crippen LogP contribution >= 0.6 is 22.6 Å². The maximum Gasteiger partial charge on any atom is 0.254 e. The molecule has 0 spiro atoms. The third-order valence-electron chi connectivity index (χ3n) is 2.56. The Morgan fingerprint density at radius 3 is 2.19 bits per heavy atom. The van der Waals surface area contributed by atoms with Crippen molar-refractivity contribution in [3.8, 4) is 0 Å². The number of nitrogens with zero attached hydrogens (tertiary/aromatic N) is 1. The zero-order valence-electron chi connectivity index (χ0n) is 8.37. The number of benzene rings is 1. The van der Waals surface area contributed by atoms with Gasteiger partial charge in [-0.15, -0.1) is 0 Å². The molecule has 2 nitrogen and oxygen atoms in total. The number of hydrogen-bond donors (Lipinski definition) is 0. The number of alkyl halides is 2. The van der Waals surface area contributed by atoms with Crippen molar-refractivity contribution < 1.29 is 13.6 Å². The second kappa shape index (κ2) is 4.65. The van der Waals surface area contributed by atoms with Crippen LogP contribution < -0.4 is 0 Å². The molecule has 1 amide bonds. The van der Waals surface area contributed by atoms with Crippen LogP contribution in [0.4, 0.5) is 8.78 Å². The minimum Gasteiger partial charge on any atom is -0.333 e. The van der Waals surface area contributed by atoms with Gasteiger partial charge in [-0.3, -0.25) is 4.79 Å². The van der Waals surface area contributed by atoms with Gasteiger partial charge in [-0.25, -0.2) is 8.78 Å². The summed E-state index contributed by atoms with van der Waals surface area (Å²) in [5.41, 5.74) is 0.474. The van der Waals surface area contributed by atoms with Crippen molar-refractivity contribution in [2.45, 2.75) is 12.3 Å². The number of hydrogen-bond acceptors (Lipinski definition) is 1. The second-order valence-corrected chi connectivity index (χ2v) is 4.99. The maximum atomic E-state index is 12.9. The number of carbonyl (C=O) groups excluding carboxylic acids is 1. The standard InChI is InChI=1S/C11H10F2INO/c12-9-5-15(6-10(9)13)11(16)7-1-3-8(14)4-2-7/h1-4,9-10H,5-6H2. The highest BCUT2D eigenvalue weighted by atomic mass is 127. The Kier molecular flexibility index (Phi) is 3.41. The Hall–Kier alpha value is -0.720.